The fourth-order valence-corrected chi connectivity index (χ4v) is 7.37. The summed E-state index contributed by atoms with van der Waals surface area (Å²) in [7, 11) is 0. The number of anilines is 1. The van der Waals surface area contributed by atoms with Crippen LogP contribution in [0, 0.1) is 17.7 Å². The molecule has 9 nitrogen and oxygen atoms in total. The first-order chi connectivity index (χ1) is 22.7. The topological polar surface area (TPSA) is 91.8 Å². The summed E-state index contributed by atoms with van der Waals surface area (Å²) in [5.41, 5.74) is 2.21. The first kappa shape index (κ1) is 35.4. The average Bonchev–Trinajstić information content (AvgIpc) is 3.07. The van der Waals surface area contributed by atoms with Gasteiger partial charge in [0.15, 0.2) is 0 Å². The molecule has 0 aliphatic carbocycles. The fraction of sp³-hybridized carbons (Fsp3) is 0.676. The van der Waals surface area contributed by atoms with E-state index in [9.17, 15) is 19.1 Å². The molecular formula is C37H54FN3O6. The SMILES string of the molecule is C/C(=C\c1cc(F)cc(N2CCOCC2)c1)[C@H]1OC(=O)C[C@H](O)CC[C@H](C)[C@@H](OC(=O)N2CCC(N3CCCCC3)CC2)/C=C\[C@@H]1C. The molecule has 0 spiro atoms. The van der Waals surface area contributed by atoms with Gasteiger partial charge in [0.05, 0.1) is 25.7 Å². The van der Waals surface area contributed by atoms with E-state index < -0.39 is 24.3 Å². The summed E-state index contributed by atoms with van der Waals surface area (Å²) in [4.78, 5) is 32.8. The molecule has 0 saturated carbocycles. The van der Waals surface area contributed by atoms with Gasteiger partial charge in [0.25, 0.3) is 0 Å². The van der Waals surface area contributed by atoms with E-state index in [0.717, 1.165) is 37.2 Å². The Bertz CT molecular complexity index is 1250. The van der Waals surface area contributed by atoms with Crippen LogP contribution in [0.2, 0.25) is 0 Å². The number of aliphatic hydroxyl groups excluding tert-OH is 1. The van der Waals surface area contributed by atoms with Crippen LogP contribution in [0.25, 0.3) is 6.08 Å². The van der Waals surface area contributed by atoms with Gasteiger partial charge in [-0.05, 0) is 99.9 Å². The molecule has 47 heavy (non-hydrogen) atoms. The number of aliphatic hydroxyl groups is 1. The molecule has 3 fully saturated rings. The smallest absolute Gasteiger partial charge is 0.410 e. The summed E-state index contributed by atoms with van der Waals surface area (Å²) in [6.07, 6.45) is 10.0. The maximum absolute atomic E-state index is 14.7. The van der Waals surface area contributed by atoms with Crippen molar-refractivity contribution in [2.75, 3.05) is 57.4 Å². The lowest BCUT2D eigenvalue weighted by molar-refractivity contribution is -0.151. The molecule has 0 unspecified atom stereocenters. The molecule has 0 bridgehead atoms. The number of nitrogens with zero attached hydrogens (tertiary/aromatic N) is 3. The quantitative estimate of drug-likeness (QED) is 0.314. The fourth-order valence-electron chi connectivity index (χ4n) is 7.37. The second-order valence-electron chi connectivity index (χ2n) is 14.0. The molecular weight excluding hydrogens is 601 g/mol. The predicted octanol–water partition coefficient (Wildman–Crippen LogP) is 5.81. The van der Waals surface area contributed by atoms with Crippen LogP contribution in [0.1, 0.15) is 77.7 Å². The highest BCUT2D eigenvalue weighted by atomic mass is 19.1. The molecule has 0 radical (unpaired) electrons. The van der Waals surface area contributed by atoms with Gasteiger partial charge >= 0.3 is 12.1 Å². The van der Waals surface area contributed by atoms with Crippen LogP contribution in [0.3, 0.4) is 0 Å². The van der Waals surface area contributed by atoms with E-state index in [1.54, 1.807) is 0 Å². The number of benzene rings is 1. The summed E-state index contributed by atoms with van der Waals surface area (Å²) >= 11 is 0. The highest BCUT2D eigenvalue weighted by molar-refractivity contribution is 5.71. The van der Waals surface area contributed by atoms with Crippen molar-refractivity contribution in [1.29, 1.82) is 0 Å². The number of carbonyl (C=O) groups excluding carboxylic acids is 2. The lowest BCUT2D eigenvalue weighted by atomic mass is 9.91. The number of likely N-dealkylation sites (tertiary alicyclic amines) is 2. The van der Waals surface area contributed by atoms with Crippen molar-refractivity contribution >= 4 is 23.8 Å². The standard InChI is InChI=1S/C37H54FN3O6/c1-26-7-9-33(42)25-35(43)47-36(28(3)21-29-22-30(38)24-32(23-29)40-17-19-45-20-18-40)27(2)8-10-34(26)46-37(44)41-15-11-31(12-16-41)39-13-5-4-6-14-39/h8,10,21-24,26-27,31,33-34,36,42H,4-7,9,11-20,25H2,1-3H3/b10-8-,28-21+/t26-,27-,33+,34-,36-/m0/s1. The number of morpholine rings is 1. The van der Waals surface area contributed by atoms with Crippen LogP contribution in [0.4, 0.5) is 14.9 Å². The molecule has 4 aliphatic heterocycles. The van der Waals surface area contributed by atoms with E-state index in [-0.39, 0.29) is 30.2 Å². The lowest BCUT2D eigenvalue weighted by Crippen LogP contribution is -2.48. The number of hydrogen-bond acceptors (Lipinski definition) is 8. The number of piperidine rings is 2. The maximum Gasteiger partial charge on any atom is 0.410 e. The van der Waals surface area contributed by atoms with Crippen molar-refractivity contribution in [1.82, 2.24) is 9.80 Å². The number of amides is 1. The van der Waals surface area contributed by atoms with Gasteiger partial charge in [0, 0.05) is 43.8 Å². The molecule has 1 amide bonds. The Morgan fingerprint density at radius 1 is 0.957 bits per heavy atom. The average molecular weight is 656 g/mol. The third kappa shape index (κ3) is 10.0. The molecule has 1 aromatic carbocycles. The van der Waals surface area contributed by atoms with Gasteiger partial charge in [-0.15, -0.1) is 0 Å². The van der Waals surface area contributed by atoms with Crippen molar-refractivity contribution in [3.63, 3.8) is 0 Å². The molecule has 4 aliphatic rings. The van der Waals surface area contributed by atoms with Gasteiger partial charge in [-0.3, -0.25) is 4.79 Å². The van der Waals surface area contributed by atoms with Gasteiger partial charge in [0.1, 0.15) is 18.0 Å². The van der Waals surface area contributed by atoms with Crippen molar-refractivity contribution in [3.05, 3.63) is 47.3 Å². The third-order valence-electron chi connectivity index (χ3n) is 10.2. The number of halogens is 1. The Labute approximate surface area is 279 Å². The highest BCUT2D eigenvalue weighted by Gasteiger charge is 2.31. The van der Waals surface area contributed by atoms with Crippen LogP contribution in [0.15, 0.2) is 35.9 Å². The van der Waals surface area contributed by atoms with Crippen molar-refractivity contribution in [2.24, 2.45) is 11.8 Å². The zero-order valence-electron chi connectivity index (χ0n) is 28.4. The van der Waals surface area contributed by atoms with E-state index in [1.807, 2.05) is 50.0 Å². The number of hydrogen-bond donors (Lipinski definition) is 1. The van der Waals surface area contributed by atoms with Crippen LogP contribution >= 0.6 is 0 Å². The molecule has 5 rings (SSSR count). The zero-order valence-corrected chi connectivity index (χ0v) is 28.4. The van der Waals surface area contributed by atoms with Gasteiger partial charge in [-0.1, -0.05) is 32.4 Å². The Balaban J connectivity index is 1.29. The highest BCUT2D eigenvalue weighted by Crippen LogP contribution is 2.28. The zero-order chi connectivity index (χ0) is 33.3. The summed E-state index contributed by atoms with van der Waals surface area (Å²) in [5.74, 6) is -1.14. The molecule has 260 valence electrons. The number of carbonyl (C=O) groups is 2. The first-order valence-electron chi connectivity index (χ1n) is 17.7. The maximum atomic E-state index is 14.7. The Morgan fingerprint density at radius 3 is 2.40 bits per heavy atom. The normalized spacial score (nSPS) is 30.2. The summed E-state index contributed by atoms with van der Waals surface area (Å²) < 4.78 is 32.3. The monoisotopic (exact) mass is 655 g/mol. The van der Waals surface area contributed by atoms with Gasteiger partial charge in [0.2, 0.25) is 0 Å². The van der Waals surface area contributed by atoms with E-state index in [1.165, 1.54) is 31.4 Å². The van der Waals surface area contributed by atoms with Crippen molar-refractivity contribution in [2.45, 2.75) is 96.5 Å². The molecule has 1 aromatic rings. The molecule has 0 aromatic heterocycles. The number of ether oxygens (including phenoxy) is 3. The van der Waals surface area contributed by atoms with Gasteiger partial charge in [-0.2, -0.15) is 0 Å². The van der Waals surface area contributed by atoms with E-state index in [4.69, 9.17) is 14.2 Å². The van der Waals surface area contributed by atoms with E-state index in [2.05, 4.69) is 9.80 Å². The Morgan fingerprint density at radius 2 is 1.68 bits per heavy atom. The first-order valence-corrected chi connectivity index (χ1v) is 17.7. The number of rotatable bonds is 5. The minimum atomic E-state index is -0.863. The molecule has 4 heterocycles. The van der Waals surface area contributed by atoms with Crippen molar-refractivity contribution in [3.8, 4) is 0 Å². The second kappa shape index (κ2) is 16.9. The lowest BCUT2D eigenvalue weighted by Gasteiger charge is -2.40. The minimum Gasteiger partial charge on any atom is -0.457 e. The van der Waals surface area contributed by atoms with Crippen LogP contribution in [-0.4, -0.2) is 104 Å². The molecule has 10 heteroatoms. The largest absolute Gasteiger partial charge is 0.457 e. The summed E-state index contributed by atoms with van der Waals surface area (Å²) in [5, 5.41) is 10.7. The Kier molecular flexibility index (Phi) is 12.7. The van der Waals surface area contributed by atoms with E-state index in [0.29, 0.717) is 63.8 Å². The summed E-state index contributed by atoms with van der Waals surface area (Å²) in [6, 6.07) is 5.48. The van der Waals surface area contributed by atoms with Gasteiger partial charge < -0.3 is 34.0 Å². The van der Waals surface area contributed by atoms with Gasteiger partial charge in [-0.25, -0.2) is 9.18 Å². The summed E-state index contributed by atoms with van der Waals surface area (Å²) in [6.45, 7) is 12.1. The Hall–Kier alpha value is -2.95. The van der Waals surface area contributed by atoms with Crippen LogP contribution in [0.5, 0.6) is 0 Å². The van der Waals surface area contributed by atoms with Crippen LogP contribution < -0.4 is 4.90 Å². The minimum absolute atomic E-state index is 0.0561. The van der Waals surface area contributed by atoms with E-state index >= 15 is 0 Å². The third-order valence-corrected chi connectivity index (χ3v) is 10.2. The number of cyclic esters (lactones) is 1. The molecule has 1 N–H and O–H groups in total. The van der Waals surface area contributed by atoms with Crippen molar-refractivity contribution < 1.29 is 33.3 Å². The predicted molar refractivity (Wildman–Crippen MR) is 181 cm³/mol. The molecule has 3 saturated heterocycles. The second-order valence-corrected chi connectivity index (χ2v) is 14.0. The number of esters is 1. The molecule has 5 atom stereocenters. The van der Waals surface area contributed by atoms with Crippen LogP contribution in [-0.2, 0) is 19.0 Å².